The Bertz CT molecular complexity index is 621. The summed E-state index contributed by atoms with van der Waals surface area (Å²) in [6.07, 6.45) is 0.868. The Morgan fingerprint density at radius 2 is 2.10 bits per heavy atom. The molecule has 0 unspecified atom stereocenters. The van der Waals surface area contributed by atoms with Gasteiger partial charge in [-0.3, -0.25) is 0 Å². The van der Waals surface area contributed by atoms with E-state index in [1.54, 1.807) is 0 Å². The summed E-state index contributed by atoms with van der Waals surface area (Å²) in [6, 6.07) is 8.51. The number of nitrogens with zero attached hydrogens (tertiary/aromatic N) is 2. The molecule has 2 aromatic rings. The number of aromatic nitrogens is 2. The zero-order valence-electron chi connectivity index (χ0n) is 12.7. The Kier molecular flexibility index (Phi) is 3.78. The molecule has 3 rings (SSSR count). The molecule has 0 saturated carbocycles. The van der Waals surface area contributed by atoms with Crippen LogP contribution in [0.25, 0.3) is 0 Å². The van der Waals surface area contributed by atoms with E-state index in [0.717, 1.165) is 13.0 Å². The highest BCUT2D eigenvalue weighted by Gasteiger charge is 2.30. The number of ether oxygens (including phenoxy) is 1. The molecule has 1 aromatic heterocycles. The maximum absolute atomic E-state index is 5.67. The van der Waals surface area contributed by atoms with Gasteiger partial charge in [-0.05, 0) is 38.3 Å². The van der Waals surface area contributed by atoms with Gasteiger partial charge < -0.3 is 14.6 Å². The van der Waals surface area contributed by atoms with Crippen molar-refractivity contribution < 1.29 is 9.26 Å². The molecule has 2 heterocycles. The van der Waals surface area contributed by atoms with Crippen molar-refractivity contribution in [2.75, 3.05) is 6.61 Å². The second kappa shape index (κ2) is 5.58. The molecule has 5 nitrogen and oxygen atoms in total. The number of hydrogen-bond donors (Lipinski definition) is 1. The van der Waals surface area contributed by atoms with Crippen molar-refractivity contribution in [3.8, 4) is 0 Å². The number of fused-ring (bicyclic) bond motifs is 1. The summed E-state index contributed by atoms with van der Waals surface area (Å²) in [6.45, 7) is 7.31. The van der Waals surface area contributed by atoms with E-state index >= 15 is 0 Å². The molecule has 5 heteroatoms. The maximum atomic E-state index is 5.67. The van der Waals surface area contributed by atoms with Crippen LogP contribution in [0.2, 0.25) is 0 Å². The van der Waals surface area contributed by atoms with Crippen LogP contribution in [0, 0.1) is 0 Å². The van der Waals surface area contributed by atoms with Crippen molar-refractivity contribution in [3.05, 3.63) is 47.1 Å². The molecule has 1 aliphatic rings. The molecule has 1 atom stereocenters. The number of hydrogen-bond acceptors (Lipinski definition) is 5. The zero-order chi connectivity index (χ0) is 14.9. The summed E-state index contributed by atoms with van der Waals surface area (Å²) in [4.78, 5) is 4.53. The van der Waals surface area contributed by atoms with Crippen molar-refractivity contribution in [3.63, 3.8) is 0 Å². The summed E-state index contributed by atoms with van der Waals surface area (Å²) in [5.41, 5.74) is 2.15. The second-order valence-electron chi connectivity index (χ2n) is 5.81. The second-order valence-corrected chi connectivity index (χ2v) is 5.81. The van der Waals surface area contributed by atoms with Crippen LogP contribution in [0.4, 0.5) is 0 Å². The van der Waals surface area contributed by atoms with Gasteiger partial charge in [-0.15, -0.1) is 0 Å². The SMILES string of the molecule is CCOC(C)(C)c1noc([C@H]2Cc3ccccc3CN2)n1. The van der Waals surface area contributed by atoms with Crippen LogP contribution >= 0.6 is 0 Å². The third kappa shape index (κ3) is 2.84. The first kappa shape index (κ1) is 14.2. The molecule has 0 spiro atoms. The standard InChI is InChI=1S/C16H21N3O2/c1-4-20-16(2,3)15-18-14(21-19-15)13-9-11-7-5-6-8-12(11)10-17-13/h5-8,13,17H,4,9-10H2,1-3H3/t13-/m1/s1. The van der Waals surface area contributed by atoms with Gasteiger partial charge in [0.05, 0.1) is 6.04 Å². The highest BCUT2D eigenvalue weighted by Crippen LogP contribution is 2.27. The number of nitrogens with one attached hydrogen (secondary N) is 1. The first-order valence-electron chi connectivity index (χ1n) is 7.38. The van der Waals surface area contributed by atoms with Crippen LogP contribution in [0.5, 0.6) is 0 Å². The molecule has 1 aliphatic heterocycles. The Labute approximate surface area is 124 Å². The van der Waals surface area contributed by atoms with E-state index in [0.29, 0.717) is 18.3 Å². The normalized spacial score (nSPS) is 18.5. The molecule has 21 heavy (non-hydrogen) atoms. The number of benzene rings is 1. The van der Waals surface area contributed by atoms with E-state index in [1.807, 2.05) is 20.8 Å². The monoisotopic (exact) mass is 287 g/mol. The van der Waals surface area contributed by atoms with E-state index in [9.17, 15) is 0 Å². The summed E-state index contributed by atoms with van der Waals surface area (Å²) < 4.78 is 11.1. The molecule has 0 amide bonds. The minimum Gasteiger partial charge on any atom is -0.368 e. The Balaban J connectivity index is 1.79. The van der Waals surface area contributed by atoms with Crippen LogP contribution in [0.3, 0.4) is 0 Å². The molecule has 0 bridgehead atoms. The molecule has 112 valence electrons. The fourth-order valence-electron chi connectivity index (χ4n) is 2.68. The van der Waals surface area contributed by atoms with Gasteiger partial charge in [0, 0.05) is 13.2 Å². The minimum atomic E-state index is -0.525. The van der Waals surface area contributed by atoms with Crippen molar-refractivity contribution in [1.82, 2.24) is 15.5 Å². The van der Waals surface area contributed by atoms with Crippen molar-refractivity contribution in [1.29, 1.82) is 0 Å². The third-order valence-corrected chi connectivity index (χ3v) is 3.86. The lowest BCUT2D eigenvalue weighted by molar-refractivity contribution is -0.0221. The van der Waals surface area contributed by atoms with E-state index in [4.69, 9.17) is 9.26 Å². The average Bonchev–Trinajstić information content (AvgIpc) is 2.97. The highest BCUT2D eigenvalue weighted by atomic mass is 16.5. The quantitative estimate of drug-likeness (QED) is 0.937. The van der Waals surface area contributed by atoms with Crippen LogP contribution in [0.15, 0.2) is 28.8 Å². The third-order valence-electron chi connectivity index (χ3n) is 3.86. The van der Waals surface area contributed by atoms with Gasteiger partial charge in [0.25, 0.3) is 0 Å². The molecule has 0 aliphatic carbocycles. The Hall–Kier alpha value is -1.72. The van der Waals surface area contributed by atoms with Crippen LogP contribution in [-0.2, 0) is 23.3 Å². The predicted octanol–water partition coefficient (Wildman–Crippen LogP) is 2.73. The summed E-state index contributed by atoms with van der Waals surface area (Å²) in [7, 11) is 0. The fraction of sp³-hybridized carbons (Fsp3) is 0.500. The minimum absolute atomic E-state index is 0.0681. The van der Waals surface area contributed by atoms with Crippen molar-refractivity contribution in [2.45, 2.75) is 45.4 Å². The van der Waals surface area contributed by atoms with E-state index in [2.05, 4.69) is 39.7 Å². The summed E-state index contributed by atoms with van der Waals surface area (Å²) >= 11 is 0. The summed E-state index contributed by atoms with van der Waals surface area (Å²) in [5.74, 6) is 1.23. The molecule has 1 N–H and O–H groups in total. The smallest absolute Gasteiger partial charge is 0.244 e. The molecule has 0 saturated heterocycles. The van der Waals surface area contributed by atoms with Crippen LogP contribution in [0.1, 0.15) is 49.7 Å². The highest BCUT2D eigenvalue weighted by molar-refractivity contribution is 5.30. The van der Waals surface area contributed by atoms with Gasteiger partial charge in [0.1, 0.15) is 5.60 Å². The zero-order valence-corrected chi connectivity index (χ0v) is 12.7. The lowest BCUT2D eigenvalue weighted by Crippen LogP contribution is -2.29. The van der Waals surface area contributed by atoms with E-state index in [1.165, 1.54) is 11.1 Å². The molecule has 0 fully saturated rings. The van der Waals surface area contributed by atoms with Gasteiger partial charge in [0.15, 0.2) is 0 Å². The molecule has 0 radical (unpaired) electrons. The largest absolute Gasteiger partial charge is 0.368 e. The van der Waals surface area contributed by atoms with Crippen molar-refractivity contribution >= 4 is 0 Å². The van der Waals surface area contributed by atoms with Crippen LogP contribution in [-0.4, -0.2) is 16.7 Å². The predicted molar refractivity (Wildman–Crippen MR) is 78.7 cm³/mol. The fourth-order valence-corrected chi connectivity index (χ4v) is 2.68. The summed E-state index contributed by atoms with van der Waals surface area (Å²) in [5, 5.41) is 7.54. The van der Waals surface area contributed by atoms with Gasteiger partial charge in [-0.2, -0.15) is 4.98 Å². The lowest BCUT2D eigenvalue weighted by Gasteiger charge is -2.23. The first-order valence-corrected chi connectivity index (χ1v) is 7.38. The maximum Gasteiger partial charge on any atom is 0.244 e. The first-order chi connectivity index (χ1) is 10.1. The topological polar surface area (TPSA) is 60.2 Å². The Morgan fingerprint density at radius 3 is 2.86 bits per heavy atom. The van der Waals surface area contributed by atoms with Gasteiger partial charge in [-0.25, -0.2) is 0 Å². The van der Waals surface area contributed by atoms with Gasteiger partial charge in [0.2, 0.25) is 11.7 Å². The van der Waals surface area contributed by atoms with E-state index in [-0.39, 0.29) is 6.04 Å². The molecular weight excluding hydrogens is 266 g/mol. The lowest BCUT2D eigenvalue weighted by atomic mass is 9.96. The van der Waals surface area contributed by atoms with Crippen molar-refractivity contribution in [2.24, 2.45) is 0 Å². The molecule has 1 aromatic carbocycles. The average molecular weight is 287 g/mol. The van der Waals surface area contributed by atoms with Gasteiger partial charge in [-0.1, -0.05) is 29.4 Å². The van der Waals surface area contributed by atoms with Crippen LogP contribution < -0.4 is 5.32 Å². The van der Waals surface area contributed by atoms with E-state index < -0.39 is 5.60 Å². The molecular formula is C16H21N3O2. The Morgan fingerprint density at radius 1 is 1.33 bits per heavy atom. The van der Waals surface area contributed by atoms with Gasteiger partial charge >= 0.3 is 0 Å². The number of rotatable bonds is 4.